The van der Waals surface area contributed by atoms with E-state index in [2.05, 4.69) is 9.71 Å². The van der Waals surface area contributed by atoms with Crippen molar-refractivity contribution < 1.29 is 28.0 Å². The van der Waals surface area contributed by atoms with E-state index in [1.54, 1.807) is 49.5 Å². The van der Waals surface area contributed by atoms with Crippen molar-refractivity contribution in [2.75, 3.05) is 13.7 Å². The fourth-order valence-corrected chi connectivity index (χ4v) is 5.89. The third-order valence-corrected chi connectivity index (χ3v) is 9.42. The number of methoxy groups -OCH3 is 1. The van der Waals surface area contributed by atoms with Crippen molar-refractivity contribution >= 4 is 27.7 Å². The number of rotatable bonds is 9. The van der Waals surface area contributed by atoms with Gasteiger partial charge in [0.2, 0.25) is 0 Å². The number of halogens is 1. The molecule has 3 atom stereocenters. The first-order valence-electron chi connectivity index (χ1n) is 14.0. The SMILES string of the molecule is COc1cc(C(=O)CCC(C)(O)c2cc3c(c(-c4ccc(F)cc4)n2)OCC3(C)NS(=O)C(C)(C)C)cc2cccnc12. The molecule has 0 fully saturated rings. The Kier molecular flexibility index (Phi) is 8.15. The van der Waals surface area contributed by atoms with Crippen LogP contribution in [0.3, 0.4) is 0 Å². The van der Waals surface area contributed by atoms with Crippen molar-refractivity contribution in [2.24, 2.45) is 0 Å². The first kappa shape index (κ1) is 30.7. The van der Waals surface area contributed by atoms with Crippen molar-refractivity contribution in [3.8, 4) is 22.8 Å². The van der Waals surface area contributed by atoms with E-state index < -0.39 is 32.7 Å². The molecule has 3 heterocycles. The smallest absolute Gasteiger partial charge is 0.163 e. The third-order valence-electron chi connectivity index (χ3n) is 7.67. The zero-order chi connectivity index (χ0) is 31.2. The van der Waals surface area contributed by atoms with Crippen molar-refractivity contribution in [2.45, 2.75) is 63.3 Å². The standard InChI is InChI=1S/C33H36FN3O5S/c1-31(2,3)43(40)37-32(4)19-42-30-24(32)18-27(36-29(30)20-9-11-23(34)12-10-20)33(5,39)14-13-25(38)22-16-21-8-7-15-35-28(21)26(17-22)41-6/h7-12,15-18,37,39H,13-14,19H2,1-6H3. The molecule has 0 bridgehead atoms. The summed E-state index contributed by atoms with van der Waals surface area (Å²) in [4.78, 5) is 22.5. The molecule has 0 amide bonds. The van der Waals surface area contributed by atoms with E-state index in [0.29, 0.717) is 45.1 Å². The Hall–Kier alpha value is -3.73. The second-order valence-corrected chi connectivity index (χ2v) is 14.3. The Morgan fingerprint density at radius 3 is 2.56 bits per heavy atom. The van der Waals surface area contributed by atoms with Gasteiger partial charge in [0.25, 0.3) is 0 Å². The first-order chi connectivity index (χ1) is 20.2. The van der Waals surface area contributed by atoms with Gasteiger partial charge in [-0.25, -0.2) is 18.3 Å². The van der Waals surface area contributed by atoms with Crippen LogP contribution < -0.4 is 14.2 Å². The van der Waals surface area contributed by atoms with Crippen LogP contribution in [0.25, 0.3) is 22.2 Å². The van der Waals surface area contributed by atoms with Gasteiger partial charge in [-0.3, -0.25) is 9.78 Å². The molecular formula is C33H36FN3O5S. The van der Waals surface area contributed by atoms with Crippen LogP contribution in [-0.4, -0.2) is 43.5 Å². The summed E-state index contributed by atoms with van der Waals surface area (Å²) in [6, 6.07) is 14.7. The van der Waals surface area contributed by atoms with Gasteiger partial charge in [0.1, 0.15) is 35.0 Å². The lowest BCUT2D eigenvalue weighted by Gasteiger charge is -2.30. The molecular weight excluding hydrogens is 569 g/mol. The van der Waals surface area contributed by atoms with Crippen LogP contribution in [0.2, 0.25) is 0 Å². The van der Waals surface area contributed by atoms with Crippen LogP contribution in [0.15, 0.2) is 60.8 Å². The number of benzene rings is 2. The van der Waals surface area contributed by atoms with Gasteiger partial charge < -0.3 is 14.6 Å². The molecule has 5 rings (SSSR count). The summed E-state index contributed by atoms with van der Waals surface area (Å²) < 4.78 is 41.2. The lowest BCUT2D eigenvalue weighted by molar-refractivity contribution is 0.0396. The fraction of sp³-hybridized carbons (Fsp3) is 0.364. The number of pyridine rings is 2. The predicted octanol–water partition coefficient (Wildman–Crippen LogP) is 5.97. The van der Waals surface area contributed by atoms with E-state index in [0.717, 1.165) is 5.39 Å². The number of nitrogens with zero attached hydrogens (tertiary/aromatic N) is 2. The topological polar surface area (TPSA) is 111 Å². The lowest BCUT2D eigenvalue weighted by atomic mass is 9.88. The van der Waals surface area contributed by atoms with E-state index in [1.165, 1.54) is 19.2 Å². The normalized spacial score (nSPS) is 18.5. The van der Waals surface area contributed by atoms with Gasteiger partial charge in [-0.1, -0.05) is 6.07 Å². The van der Waals surface area contributed by atoms with Crippen LogP contribution in [0.4, 0.5) is 4.39 Å². The van der Waals surface area contributed by atoms with Crippen LogP contribution >= 0.6 is 0 Å². The van der Waals surface area contributed by atoms with Gasteiger partial charge in [-0.2, -0.15) is 0 Å². The van der Waals surface area contributed by atoms with Gasteiger partial charge in [0.05, 0.1) is 34.1 Å². The zero-order valence-electron chi connectivity index (χ0n) is 25.2. The zero-order valence-corrected chi connectivity index (χ0v) is 26.0. The molecule has 4 aromatic rings. The van der Waals surface area contributed by atoms with E-state index in [4.69, 9.17) is 14.5 Å². The number of ketones is 1. The number of Topliss-reactive ketones (excluding diaryl/α,β-unsaturated/α-hetero) is 1. The Morgan fingerprint density at radius 2 is 1.88 bits per heavy atom. The molecule has 226 valence electrons. The van der Waals surface area contributed by atoms with Gasteiger partial charge in [0, 0.05) is 34.7 Å². The number of aliphatic hydroxyl groups is 1. The quantitative estimate of drug-likeness (QED) is 0.226. The minimum Gasteiger partial charge on any atom is -0.494 e. The molecule has 2 aromatic carbocycles. The molecule has 0 spiro atoms. The average molecular weight is 606 g/mol. The van der Waals surface area contributed by atoms with E-state index >= 15 is 0 Å². The highest BCUT2D eigenvalue weighted by molar-refractivity contribution is 7.84. The summed E-state index contributed by atoms with van der Waals surface area (Å²) in [6.45, 7) is 9.32. The van der Waals surface area contributed by atoms with Gasteiger partial charge in [0.15, 0.2) is 11.5 Å². The minimum absolute atomic E-state index is 0.0344. The van der Waals surface area contributed by atoms with Crippen LogP contribution in [0, 0.1) is 5.82 Å². The van der Waals surface area contributed by atoms with Crippen molar-refractivity contribution in [3.63, 3.8) is 0 Å². The largest absolute Gasteiger partial charge is 0.494 e. The van der Waals surface area contributed by atoms with Gasteiger partial charge in [-0.05, 0) is 89.6 Å². The number of hydrogen-bond acceptors (Lipinski definition) is 7. The number of nitrogens with one attached hydrogen (secondary N) is 1. The van der Waals surface area contributed by atoms with E-state index in [9.17, 15) is 18.5 Å². The molecule has 1 aliphatic rings. The summed E-state index contributed by atoms with van der Waals surface area (Å²) in [5, 5.41) is 12.5. The molecule has 2 N–H and O–H groups in total. The third kappa shape index (κ3) is 6.18. The van der Waals surface area contributed by atoms with Gasteiger partial charge >= 0.3 is 0 Å². The molecule has 0 aliphatic carbocycles. The number of hydrogen-bond donors (Lipinski definition) is 2. The summed E-state index contributed by atoms with van der Waals surface area (Å²) >= 11 is 0. The lowest BCUT2D eigenvalue weighted by Crippen LogP contribution is -2.47. The number of carbonyl (C=O) groups is 1. The second kappa shape index (κ2) is 11.4. The Balaban J connectivity index is 1.50. The molecule has 0 saturated heterocycles. The monoisotopic (exact) mass is 605 g/mol. The molecule has 0 saturated carbocycles. The fourth-order valence-electron chi connectivity index (χ4n) is 5.01. The van der Waals surface area contributed by atoms with Gasteiger partial charge in [-0.15, -0.1) is 0 Å². The van der Waals surface area contributed by atoms with Crippen molar-refractivity contribution in [1.82, 2.24) is 14.7 Å². The second-order valence-electron chi connectivity index (χ2n) is 12.3. The maximum Gasteiger partial charge on any atom is 0.163 e. The summed E-state index contributed by atoms with van der Waals surface area (Å²) in [5.74, 6) is 0.410. The highest BCUT2D eigenvalue weighted by Gasteiger charge is 2.43. The van der Waals surface area contributed by atoms with Crippen LogP contribution in [0.1, 0.15) is 69.1 Å². The maximum absolute atomic E-state index is 13.8. The molecule has 8 nitrogen and oxygen atoms in total. The average Bonchev–Trinajstić information content (AvgIpc) is 3.30. The summed E-state index contributed by atoms with van der Waals surface area (Å²) in [7, 11) is 0.110. The summed E-state index contributed by atoms with van der Waals surface area (Å²) in [6.07, 6.45) is 1.78. The van der Waals surface area contributed by atoms with Crippen molar-refractivity contribution in [3.05, 3.63) is 83.4 Å². The minimum atomic E-state index is -1.52. The predicted molar refractivity (Wildman–Crippen MR) is 165 cm³/mol. The molecule has 0 radical (unpaired) electrons. The maximum atomic E-state index is 13.8. The molecule has 10 heteroatoms. The van der Waals surface area contributed by atoms with E-state index in [1.807, 2.05) is 33.8 Å². The molecule has 2 aromatic heterocycles. The van der Waals surface area contributed by atoms with Crippen LogP contribution in [0.5, 0.6) is 11.5 Å². The Morgan fingerprint density at radius 1 is 1.16 bits per heavy atom. The number of fused-ring (bicyclic) bond motifs is 2. The Labute approximate surface area is 253 Å². The Bertz CT molecular complexity index is 1720. The molecule has 1 aliphatic heterocycles. The highest BCUT2D eigenvalue weighted by atomic mass is 32.2. The number of carbonyl (C=O) groups excluding carboxylic acids is 1. The number of aromatic nitrogens is 2. The van der Waals surface area contributed by atoms with Crippen molar-refractivity contribution in [1.29, 1.82) is 0 Å². The molecule has 3 unspecified atom stereocenters. The first-order valence-corrected chi connectivity index (χ1v) is 15.2. The number of ether oxygens (including phenoxy) is 2. The summed E-state index contributed by atoms with van der Waals surface area (Å²) in [5.41, 5.74) is 0.761. The van der Waals surface area contributed by atoms with Crippen LogP contribution in [-0.2, 0) is 22.1 Å². The highest BCUT2D eigenvalue weighted by Crippen LogP contribution is 2.45. The van der Waals surface area contributed by atoms with E-state index in [-0.39, 0.29) is 25.2 Å². The molecule has 43 heavy (non-hydrogen) atoms.